The van der Waals surface area contributed by atoms with Gasteiger partial charge >= 0.3 is 5.97 Å². The van der Waals surface area contributed by atoms with Crippen molar-refractivity contribution in [2.75, 3.05) is 0 Å². The van der Waals surface area contributed by atoms with Crippen molar-refractivity contribution in [1.29, 1.82) is 0 Å². The van der Waals surface area contributed by atoms with E-state index in [2.05, 4.69) is 0 Å². The number of carbonyl (C=O) groups is 1. The molecule has 0 aliphatic carbocycles. The Labute approximate surface area is 120 Å². The van der Waals surface area contributed by atoms with Gasteiger partial charge in [0, 0.05) is 6.42 Å². The lowest BCUT2D eigenvalue weighted by molar-refractivity contribution is -0.154. The summed E-state index contributed by atoms with van der Waals surface area (Å²) in [6.45, 7) is 0.0501. The van der Waals surface area contributed by atoms with Crippen molar-refractivity contribution in [3.05, 3.63) is 71.3 Å². The summed E-state index contributed by atoms with van der Waals surface area (Å²) in [7, 11) is 0. The molecule has 0 aromatic heterocycles. The number of aliphatic hydroxyl groups excluding tert-OH is 1. The third-order valence-corrected chi connectivity index (χ3v) is 2.91. The second-order valence-electron chi connectivity index (χ2n) is 4.56. The molecule has 0 radical (unpaired) electrons. The Morgan fingerprint density at radius 3 is 2.43 bits per heavy atom. The molecule has 3 nitrogen and oxygen atoms in total. The van der Waals surface area contributed by atoms with Crippen molar-refractivity contribution in [2.45, 2.75) is 19.1 Å². The summed E-state index contributed by atoms with van der Waals surface area (Å²) in [5.74, 6) is -2.79. The summed E-state index contributed by atoms with van der Waals surface area (Å²) < 4.78 is 30.8. The van der Waals surface area contributed by atoms with Crippen molar-refractivity contribution in [3.63, 3.8) is 0 Å². The fraction of sp³-hybridized carbons (Fsp3) is 0.188. The minimum absolute atomic E-state index is 0.0501. The number of esters is 1. The number of aliphatic hydroxyl groups is 1. The second-order valence-corrected chi connectivity index (χ2v) is 4.56. The molecule has 0 saturated heterocycles. The van der Waals surface area contributed by atoms with Gasteiger partial charge in [-0.2, -0.15) is 0 Å². The lowest BCUT2D eigenvalue weighted by Crippen LogP contribution is -2.25. The molecule has 0 fully saturated rings. The molecule has 0 saturated carbocycles. The first-order valence-corrected chi connectivity index (χ1v) is 6.39. The Hall–Kier alpha value is -2.27. The quantitative estimate of drug-likeness (QED) is 0.862. The third-order valence-electron chi connectivity index (χ3n) is 2.91. The minimum atomic E-state index is -1.42. The van der Waals surface area contributed by atoms with Crippen LogP contribution in [0.4, 0.5) is 8.78 Å². The average Bonchev–Trinajstić information content (AvgIpc) is 2.49. The topological polar surface area (TPSA) is 46.5 Å². The predicted molar refractivity (Wildman–Crippen MR) is 72.3 cm³/mol. The number of carbonyl (C=O) groups excluding carboxylic acids is 1. The second kappa shape index (κ2) is 6.95. The van der Waals surface area contributed by atoms with E-state index in [1.807, 2.05) is 6.07 Å². The molecule has 1 atom stereocenters. The third kappa shape index (κ3) is 4.36. The molecule has 21 heavy (non-hydrogen) atoms. The van der Waals surface area contributed by atoms with Crippen LogP contribution in [0.5, 0.6) is 0 Å². The maximum Gasteiger partial charge on any atom is 0.335 e. The fourth-order valence-electron chi connectivity index (χ4n) is 1.80. The smallest absolute Gasteiger partial charge is 0.335 e. The van der Waals surface area contributed by atoms with Crippen LogP contribution in [0, 0.1) is 11.6 Å². The van der Waals surface area contributed by atoms with Crippen molar-refractivity contribution < 1.29 is 23.4 Å². The normalized spacial score (nSPS) is 12.0. The predicted octanol–water partition coefficient (Wildman–Crippen LogP) is 2.61. The average molecular weight is 292 g/mol. The molecule has 0 amide bonds. The Kier molecular flexibility index (Phi) is 5.00. The summed E-state index contributed by atoms with van der Waals surface area (Å²) in [4.78, 5) is 11.6. The van der Waals surface area contributed by atoms with Gasteiger partial charge in [0.05, 0.1) is 0 Å². The lowest BCUT2D eigenvalue weighted by atomic mass is 10.1. The van der Waals surface area contributed by atoms with Gasteiger partial charge in [-0.3, -0.25) is 0 Å². The van der Waals surface area contributed by atoms with Gasteiger partial charge in [-0.25, -0.2) is 13.6 Å². The van der Waals surface area contributed by atoms with Crippen molar-refractivity contribution in [2.24, 2.45) is 0 Å². The van der Waals surface area contributed by atoms with Crippen LogP contribution in [-0.4, -0.2) is 17.2 Å². The number of ether oxygens (including phenoxy) is 1. The van der Waals surface area contributed by atoms with E-state index in [1.165, 1.54) is 6.07 Å². The summed E-state index contributed by atoms with van der Waals surface area (Å²) in [6.07, 6.45) is -1.55. The van der Waals surface area contributed by atoms with Crippen molar-refractivity contribution in [3.8, 4) is 0 Å². The Morgan fingerprint density at radius 1 is 1.05 bits per heavy atom. The first-order chi connectivity index (χ1) is 10.1. The van der Waals surface area contributed by atoms with Crippen LogP contribution in [0.25, 0.3) is 0 Å². The van der Waals surface area contributed by atoms with Gasteiger partial charge in [0.1, 0.15) is 6.61 Å². The van der Waals surface area contributed by atoms with E-state index in [0.717, 1.165) is 17.7 Å². The molecular formula is C16H14F2O3. The van der Waals surface area contributed by atoms with Gasteiger partial charge in [0.2, 0.25) is 0 Å². The molecule has 0 aliphatic heterocycles. The van der Waals surface area contributed by atoms with E-state index < -0.39 is 23.7 Å². The molecule has 5 heteroatoms. The monoisotopic (exact) mass is 292 g/mol. The van der Waals surface area contributed by atoms with E-state index in [1.54, 1.807) is 24.3 Å². The molecule has 2 aromatic rings. The SMILES string of the molecule is O=C(OCc1ccccc1)[C@H](O)Cc1ccc(F)c(F)c1. The zero-order chi connectivity index (χ0) is 15.2. The first kappa shape index (κ1) is 15.1. The van der Waals surface area contributed by atoms with Gasteiger partial charge in [0.25, 0.3) is 0 Å². The van der Waals surface area contributed by atoms with Gasteiger partial charge in [-0.05, 0) is 23.3 Å². The molecule has 0 heterocycles. The van der Waals surface area contributed by atoms with Crippen LogP contribution in [0.15, 0.2) is 48.5 Å². The Bertz CT molecular complexity index is 614. The highest BCUT2D eigenvalue weighted by Crippen LogP contribution is 2.11. The van der Waals surface area contributed by atoms with Crippen molar-refractivity contribution >= 4 is 5.97 Å². The van der Waals surface area contributed by atoms with Gasteiger partial charge in [-0.1, -0.05) is 36.4 Å². The molecule has 110 valence electrons. The molecule has 1 N–H and O–H groups in total. The maximum absolute atomic E-state index is 13.0. The van der Waals surface area contributed by atoms with Gasteiger partial charge in [-0.15, -0.1) is 0 Å². The molecule has 0 bridgehead atoms. The Balaban J connectivity index is 1.88. The van der Waals surface area contributed by atoms with E-state index in [-0.39, 0.29) is 13.0 Å². The van der Waals surface area contributed by atoms with Crippen LogP contribution in [-0.2, 0) is 22.6 Å². The number of halogens is 2. The highest BCUT2D eigenvalue weighted by atomic mass is 19.2. The van der Waals surface area contributed by atoms with Crippen molar-refractivity contribution in [1.82, 2.24) is 0 Å². The highest BCUT2D eigenvalue weighted by molar-refractivity contribution is 5.74. The fourth-order valence-corrected chi connectivity index (χ4v) is 1.80. The number of hydrogen-bond donors (Lipinski definition) is 1. The summed E-state index contributed by atoms with van der Waals surface area (Å²) in [6, 6.07) is 12.2. The standard InChI is InChI=1S/C16H14F2O3/c17-13-7-6-12(8-14(13)18)9-15(19)16(20)21-10-11-4-2-1-3-5-11/h1-8,15,19H,9-10H2/t15-/m1/s1. The summed E-state index contributed by atoms with van der Waals surface area (Å²) in [5, 5.41) is 9.72. The molecular weight excluding hydrogens is 278 g/mol. The van der Waals surface area contributed by atoms with E-state index in [4.69, 9.17) is 4.74 Å². The van der Waals surface area contributed by atoms with E-state index in [0.29, 0.717) is 5.56 Å². The minimum Gasteiger partial charge on any atom is -0.459 e. The molecule has 0 aliphatic rings. The molecule has 0 spiro atoms. The molecule has 2 rings (SSSR count). The van der Waals surface area contributed by atoms with Crippen LogP contribution >= 0.6 is 0 Å². The number of benzene rings is 2. The largest absolute Gasteiger partial charge is 0.459 e. The van der Waals surface area contributed by atoms with Crippen LogP contribution in [0.3, 0.4) is 0 Å². The first-order valence-electron chi connectivity index (χ1n) is 6.39. The zero-order valence-corrected chi connectivity index (χ0v) is 11.1. The number of rotatable bonds is 5. The number of hydrogen-bond acceptors (Lipinski definition) is 3. The molecule has 0 unspecified atom stereocenters. The van der Waals surface area contributed by atoms with Crippen LogP contribution in [0.2, 0.25) is 0 Å². The summed E-state index contributed by atoms with van der Waals surface area (Å²) in [5.41, 5.74) is 1.11. The highest BCUT2D eigenvalue weighted by Gasteiger charge is 2.18. The van der Waals surface area contributed by atoms with Gasteiger partial charge in [0.15, 0.2) is 17.7 Å². The van der Waals surface area contributed by atoms with Crippen LogP contribution < -0.4 is 0 Å². The van der Waals surface area contributed by atoms with E-state index in [9.17, 15) is 18.7 Å². The Morgan fingerprint density at radius 2 is 1.76 bits per heavy atom. The van der Waals surface area contributed by atoms with Gasteiger partial charge < -0.3 is 9.84 Å². The lowest BCUT2D eigenvalue weighted by Gasteiger charge is -2.11. The molecule has 2 aromatic carbocycles. The maximum atomic E-state index is 13.0. The summed E-state index contributed by atoms with van der Waals surface area (Å²) >= 11 is 0. The van der Waals surface area contributed by atoms with E-state index >= 15 is 0 Å². The zero-order valence-electron chi connectivity index (χ0n) is 11.1. The van der Waals surface area contributed by atoms with Crippen LogP contribution in [0.1, 0.15) is 11.1 Å².